The van der Waals surface area contributed by atoms with Crippen LogP contribution in [0, 0.1) is 0 Å². The molecule has 0 bridgehead atoms. The van der Waals surface area contributed by atoms with Gasteiger partial charge in [-0.1, -0.05) is 12.1 Å². The van der Waals surface area contributed by atoms with Gasteiger partial charge in [-0.05, 0) is 18.7 Å². The number of imidazole rings is 1. The Labute approximate surface area is 77.2 Å². The summed E-state index contributed by atoms with van der Waals surface area (Å²) in [7, 11) is 2.03. The van der Waals surface area contributed by atoms with Crippen molar-refractivity contribution in [1.29, 1.82) is 0 Å². The van der Waals surface area contributed by atoms with E-state index in [9.17, 15) is 0 Å². The molecule has 3 heteroatoms. The van der Waals surface area contributed by atoms with Gasteiger partial charge in [-0.15, -0.1) is 0 Å². The minimum atomic E-state index is 0.650. The van der Waals surface area contributed by atoms with Gasteiger partial charge in [0.25, 0.3) is 0 Å². The number of nitrogens with two attached hydrogens (primary N) is 1. The van der Waals surface area contributed by atoms with E-state index in [1.165, 1.54) is 5.52 Å². The Kier molecular flexibility index (Phi) is 2.02. The fourth-order valence-electron chi connectivity index (χ4n) is 1.55. The zero-order valence-electron chi connectivity index (χ0n) is 7.70. The van der Waals surface area contributed by atoms with E-state index >= 15 is 0 Å². The summed E-state index contributed by atoms with van der Waals surface area (Å²) in [6, 6.07) is 8.12. The first kappa shape index (κ1) is 8.26. The van der Waals surface area contributed by atoms with Crippen molar-refractivity contribution in [3.8, 4) is 0 Å². The van der Waals surface area contributed by atoms with Crippen LogP contribution in [-0.2, 0) is 13.5 Å². The molecule has 2 N–H and O–H groups in total. The highest BCUT2D eigenvalue weighted by molar-refractivity contribution is 5.75. The molecule has 2 rings (SSSR count). The summed E-state index contributed by atoms with van der Waals surface area (Å²) in [5.41, 5.74) is 7.72. The van der Waals surface area contributed by atoms with E-state index < -0.39 is 0 Å². The van der Waals surface area contributed by atoms with Crippen LogP contribution >= 0.6 is 0 Å². The lowest BCUT2D eigenvalue weighted by Gasteiger charge is -1.98. The molecule has 0 unspecified atom stereocenters. The van der Waals surface area contributed by atoms with Crippen LogP contribution in [0.4, 0.5) is 0 Å². The van der Waals surface area contributed by atoms with E-state index in [2.05, 4.69) is 15.6 Å². The zero-order valence-corrected chi connectivity index (χ0v) is 7.70. The smallest absolute Gasteiger partial charge is 0.110 e. The van der Waals surface area contributed by atoms with Crippen molar-refractivity contribution in [1.82, 2.24) is 9.55 Å². The number of benzene rings is 1. The molecule has 1 heterocycles. The molecule has 1 aromatic heterocycles. The Balaban J connectivity index is 2.60. The predicted molar refractivity (Wildman–Crippen MR) is 53.5 cm³/mol. The summed E-state index contributed by atoms with van der Waals surface area (Å²) in [5.74, 6) is 1.06. The SMILES string of the molecule is Cn1c(CCN)nc2ccccc21. The number of aromatic nitrogens is 2. The number of hydrogen-bond donors (Lipinski definition) is 1. The molecule has 0 fully saturated rings. The third kappa shape index (κ3) is 1.31. The van der Waals surface area contributed by atoms with Gasteiger partial charge in [0, 0.05) is 13.5 Å². The Bertz CT molecular complexity index is 417. The van der Waals surface area contributed by atoms with Gasteiger partial charge in [0.15, 0.2) is 0 Å². The second kappa shape index (κ2) is 3.18. The summed E-state index contributed by atoms with van der Waals surface area (Å²) < 4.78 is 2.10. The molecule has 0 saturated heterocycles. The number of para-hydroxylation sites is 2. The maximum atomic E-state index is 5.50. The topological polar surface area (TPSA) is 43.8 Å². The van der Waals surface area contributed by atoms with Crippen molar-refractivity contribution in [2.24, 2.45) is 12.8 Å². The highest BCUT2D eigenvalue weighted by Crippen LogP contribution is 2.13. The molecule has 0 aliphatic carbocycles. The van der Waals surface area contributed by atoms with E-state index in [0.29, 0.717) is 6.54 Å². The number of aryl methyl sites for hydroxylation is 1. The first-order valence-corrected chi connectivity index (χ1v) is 4.43. The van der Waals surface area contributed by atoms with Gasteiger partial charge < -0.3 is 10.3 Å². The van der Waals surface area contributed by atoms with Gasteiger partial charge >= 0.3 is 0 Å². The van der Waals surface area contributed by atoms with Crippen molar-refractivity contribution in [3.05, 3.63) is 30.1 Å². The van der Waals surface area contributed by atoms with Gasteiger partial charge in [-0.25, -0.2) is 4.98 Å². The lowest BCUT2D eigenvalue weighted by Crippen LogP contribution is -2.07. The molecular formula is C10H13N3. The van der Waals surface area contributed by atoms with Crippen LogP contribution < -0.4 is 5.73 Å². The van der Waals surface area contributed by atoms with Gasteiger partial charge in [-0.3, -0.25) is 0 Å². The standard InChI is InChI=1S/C10H13N3/c1-13-9-5-3-2-4-8(9)12-10(13)6-7-11/h2-5H,6-7,11H2,1H3. The maximum Gasteiger partial charge on any atom is 0.110 e. The normalized spacial score (nSPS) is 10.9. The lowest BCUT2D eigenvalue weighted by molar-refractivity contribution is 0.794. The lowest BCUT2D eigenvalue weighted by atomic mass is 10.3. The van der Waals surface area contributed by atoms with Gasteiger partial charge in [-0.2, -0.15) is 0 Å². The molecular weight excluding hydrogens is 162 g/mol. The van der Waals surface area contributed by atoms with Crippen LogP contribution in [0.25, 0.3) is 11.0 Å². The Morgan fingerprint density at radius 2 is 2.15 bits per heavy atom. The van der Waals surface area contributed by atoms with Crippen LogP contribution in [0.2, 0.25) is 0 Å². The molecule has 0 saturated carbocycles. The van der Waals surface area contributed by atoms with E-state index in [1.54, 1.807) is 0 Å². The van der Waals surface area contributed by atoms with Crippen LogP contribution in [0.15, 0.2) is 24.3 Å². The molecule has 0 amide bonds. The van der Waals surface area contributed by atoms with Crippen molar-refractivity contribution in [3.63, 3.8) is 0 Å². The number of fused-ring (bicyclic) bond motifs is 1. The number of nitrogens with zero attached hydrogens (tertiary/aromatic N) is 2. The summed E-state index contributed by atoms with van der Waals surface area (Å²) >= 11 is 0. The first-order valence-electron chi connectivity index (χ1n) is 4.43. The second-order valence-corrected chi connectivity index (χ2v) is 3.11. The molecule has 0 radical (unpaired) electrons. The summed E-state index contributed by atoms with van der Waals surface area (Å²) in [6.07, 6.45) is 0.838. The molecule has 0 atom stereocenters. The number of rotatable bonds is 2. The summed E-state index contributed by atoms with van der Waals surface area (Å²) in [5, 5.41) is 0. The second-order valence-electron chi connectivity index (χ2n) is 3.11. The van der Waals surface area contributed by atoms with E-state index in [1.807, 2.05) is 25.2 Å². The molecule has 3 nitrogen and oxygen atoms in total. The van der Waals surface area contributed by atoms with Crippen LogP contribution in [0.5, 0.6) is 0 Å². The Hall–Kier alpha value is -1.35. The van der Waals surface area contributed by atoms with Gasteiger partial charge in [0.2, 0.25) is 0 Å². The summed E-state index contributed by atoms with van der Waals surface area (Å²) in [6.45, 7) is 0.650. The largest absolute Gasteiger partial charge is 0.331 e. The van der Waals surface area contributed by atoms with Crippen LogP contribution in [0.3, 0.4) is 0 Å². The average molecular weight is 175 g/mol. The summed E-state index contributed by atoms with van der Waals surface area (Å²) in [4.78, 5) is 4.48. The predicted octanol–water partition coefficient (Wildman–Crippen LogP) is 1.07. The van der Waals surface area contributed by atoms with Crippen molar-refractivity contribution >= 4 is 11.0 Å². The molecule has 1 aromatic carbocycles. The number of hydrogen-bond acceptors (Lipinski definition) is 2. The minimum Gasteiger partial charge on any atom is -0.331 e. The molecule has 0 spiro atoms. The monoisotopic (exact) mass is 175 g/mol. The highest BCUT2D eigenvalue weighted by atomic mass is 15.1. The molecule has 13 heavy (non-hydrogen) atoms. The Morgan fingerprint density at radius 1 is 1.38 bits per heavy atom. The fourth-order valence-corrected chi connectivity index (χ4v) is 1.55. The van der Waals surface area contributed by atoms with Crippen molar-refractivity contribution < 1.29 is 0 Å². The van der Waals surface area contributed by atoms with E-state index in [-0.39, 0.29) is 0 Å². The minimum absolute atomic E-state index is 0.650. The molecule has 68 valence electrons. The Morgan fingerprint density at radius 3 is 2.85 bits per heavy atom. The molecule has 0 aliphatic rings. The zero-order chi connectivity index (χ0) is 9.26. The van der Waals surface area contributed by atoms with Gasteiger partial charge in [0.05, 0.1) is 11.0 Å². The third-order valence-corrected chi connectivity index (χ3v) is 2.25. The maximum absolute atomic E-state index is 5.50. The van der Waals surface area contributed by atoms with Crippen LogP contribution in [-0.4, -0.2) is 16.1 Å². The average Bonchev–Trinajstić information content (AvgIpc) is 2.46. The molecule has 0 aliphatic heterocycles. The van der Waals surface area contributed by atoms with Crippen LogP contribution in [0.1, 0.15) is 5.82 Å². The first-order chi connectivity index (χ1) is 6.33. The van der Waals surface area contributed by atoms with Gasteiger partial charge in [0.1, 0.15) is 5.82 Å². The molecule has 2 aromatic rings. The van der Waals surface area contributed by atoms with E-state index in [0.717, 1.165) is 17.8 Å². The fraction of sp³-hybridized carbons (Fsp3) is 0.300. The van der Waals surface area contributed by atoms with E-state index in [4.69, 9.17) is 5.73 Å². The quantitative estimate of drug-likeness (QED) is 0.742. The van der Waals surface area contributed by atoms with Crippen molar-refractivity contribution in [2.75, 3.05) is 6.54 Å². The third-order valence-electron chi connectivity index (χ3n) is 2.25. The highest BCUT2D eigenvalue weighted by Gasteiger charge is 2.04. The van der Waals surface area contributed by atoms with Crippen molar-refractivity contribution in [2.45, 2.75) is 6.42 Å².